The average molecular weight is 362 g/mol. The summed E-state index contributed by atoms with van der Waals surface area (Å²) in [6, 6.07) is 0.694. The first-order valence-electron chi connectivity index (χ1n) is 8.24. The highest BCUT2D eigenvalue weighted by Gasteiger charge is 2.32. The van der Waals surface area contributed by atoms with E-state index in [2.05, 4.69) is 20.7 Å². The van der Waals surface area contributed by atoms with Crippen LogP contribution in [0.3, 0.4) is 0 Å². The van der Waals surface area contributed by atoms with Gasteiger partial charge in [-0.2, -0.15) is 5.10 Å². The molecule has 25 heavy (non-hydrogen) atoms. The number of aryl methyl sites for hydroxylation is 2. The summed E-state index contributed by atoms with van der Waals surface area (Å²) in [5.74, 6) is 0.490. The number of thiazole rings is 1. The van der Waals surface area contributed by atoms with Gasteiger partial charge >= 0.3 is 6.03 Å². The van der Waals surface area contributed by atoms with Gasteiger partial charge in [-0.25, -0.2) is 9.78 Å². The summed E-state index contributed by atoms with van der Waals surface area (Å²) in [7, 11) is 1.81. The molecule has 3 rings (SSSR count). The molecule has 0 saturated carbocycles. The lowest BCUT2D eigenvalue weighted by Gasteiger charge is -2.31. The van der Waals surface area contributed by atoms with Gasteiger partial charge in [-0.05, 0) is 26.7 Å². The molecule has 0 radical (unpaired) electrons. The molecule has 0 spiro atoms. The largest absolute Gasteiger partial charge is 0.329 e. The number of nitrogens with one attached hydrogen (secondary N) is 2. The van der Waals surface area contributed by atoms with E-state index in [4.69, 9.17) is 0 Å². The van der Waals surface area contributed by atoms with Crippen LogP contribution in [-0.2, 0) is 11.8 Å². The zero-order valence-corrected chi connectivity index (χ0v) is 15.3. The van der Waals surface area contributed by atoms with E-state index in [0.717, 1.165) is 17.1 Å². The molecule has 2 atom stereocenters. The number of hydrogen-bond donors (Lipinski definition) is 2. The highest BCUT2D eigenvalue weighted by molar-refractivity contribution is 7.09. The monoisotopic (exact) mass is 362 g/mol. The summed E-state index contributed by atoms with van der Waals surface area (Å²) in [4.78, 5) is 30.9. The number of carbonyl (C=O) groups is 2. The first-order chi connectivity index (χ1) is 11.9. The van der Waals surface area contributed by atoms with Crippen molar-refractivity contribution >= 4 is 29.1 Å². The topological polar surface area (TPSA) is 92.2 Å². The van der Waals surface area contributed by atoms with Crippen molar-refractivity contribution in [2.24, 2.45) is 7.05 Å². The van der Waals surface area contributed by atoms with Crippen molar-refractivity contribution in [3.8, 4) is 0 Å². The third-order valence-corrected chi connectivity index (χ3v) is 5.22. The zero-order chi connectivity index (χ0) is 18.0. The Kier molecular flexibility index (Phi) is 5.03. The minimum Gasteiger partial charge on any atom is -0.329 e. The number of aromatic nitrogens is 3. The summed E-state index contributed by atoms with van der Waals surface area (Å²) in [6.07, 6.45) is 3.23. The third kappa shape index (κ3) is 3.98. The molecule has 0 unspecified atom stereocenters. The Morgan fingerprint density at radius 3 is 2.92 bits per heavy atom. The van der Waals surface area contributed by atoms with Crippen LogP contribution in [-0.4, -0.2) is 39.3 Å². The molecule has 9 heteroatoms. The molecule has 2 aromatic heterocycles. The maximum absolute atomic E-state index is 12.7. The second-order valence-electron chi connectivity index (χ2n) is 6.20. The molecule has 1 aliphatic rings. The normalized spacial score (nSPS) is 18.9. The predicted octanol–water partition coefficient (Wildman–Crippen LogP) is 1.74. The van der Waals surface area contributed by atoms with Gasteiger partial charge in [-0.1, -0.05) is 0 Å². The molecule has 2 N–H and O–H groups in total. The van der Waals surface area contributed by atoms with Crippen molar-refractivity contribution in [2.75, 3.05) is 11.4 Å². The van der Waals surface area contributed by atoms with Crippen molar-refractivity contribution in [3.63, 3.8) is 0 Å². The van der Waals surface area contributed by atoms with Crippen molar-refractivity contribution in [3.05, 3.63) is 28.3 Å². The highest BCUT2D eigenvalue weighted by atomic mass is 32.1. The molecule has 3 heterocycles. The van der Waals surface area contributed by atoms with Crippen LogP contribution in [0.2, 0.25) is 0 Å². The number of amides is 3. The number of anilines is 1. The second kappa shape index (κ2) is 7.22. The fraction of sp³-hybridized carbons (Fsp3) is 0.500. The van der Waals surface area contributed by atoms with Gasteiger partial charge in [0.25, 0.3) is 5.91 Å². The van der Waals surface area contributed by atoms with Gasteiger partial charge in [0.1, 0.15) is 11.0 Å². The number of piperidine rings is 1. The molecule has 1 saturated heterocycles. The minimum atomic E-state index is -0.541. The maximum atomic E-state index is 12.7. The van der Waals surface area contributed by atoms with Gasteiger partial charge in [0.15, 0.2) is 5.82 Å². The Bertz CT molecular complexity index is 770. The maximum Gasteiger partial charge on any atom is 0.315 e. The van der Waals surface area contributed by atoms with Crippen LogP contribution in [0.25, 0.3) is 0 Å². The number of carbonyl (C=O) groups excluding carboxylic acids is 2. The number of urea groups is 1. The lowest BCUT2D eigenvalue weighted by atomic mass is 10.1. The van der Waals surface area contributed by atoms with Crippen LogP contribution >= 0.6 is 11.3 Å². The molecule has 0 aliphatic carbocycles. The Hall–Kier alpha value is -2.42. The van der Waals surface area contributed by atoms with Gasteiger partial charge in [0, 0.05) is 36.9 Å². The summed E-state index contributed by atoms with van der Waals surface area (Å²) in [6.45, 7) is 4.41. The lowest BCUT2D eigenvalue weighted by molar-refractivity contribution is -0.121. The number of nitrogens with zero attached hydrogens (tertiary/aromatic N) is 4. The Balaban J connectivity index is 1.59. The summed E-state index contributed by atoms with van der Waals surface area (Å²) >= 11 is 1.51. The smallest absolute Gasteiger partial charge is 0.315 e. The van der Waals surface area contributed by atoms with Crippen molar-refractivity contribution in [1.82, 2.24) is 25.4 Å². The number of rotatable bonds is 4. The standard InChI is InChI=1S/C16H22N6O2S/c1-10-9-25-14(17-10)11(2)18-16(24)19-12-5-4-7-22(15(12)23)13-6-8-21(3)20-13/h6,8-9,11-12H,4-5,7H2,1-3H3,(H2,18,19,24)/t11-,12+/m0/s1. The molecule has 1 aliphatic heterocycles. The van der Waals surface area contributed by atoms with E-state index in [-0.39, 0.29) is 18.0 Å². The van der Waals surface area contributed by atoms with Crippen LogP contribution in [0, 0.1) is 6.92 Å². The lowest BCUT2D eigenvalue weighted by Crippen LogP contribution is -2.54. The second-order valence-corrected chi connectivity index (χ2v) is 7.09. The molecule has 1 fully saturated rings. The molecule has 2 aromatic rings. The van der Waals surface area contributed by atoms with E-state index in [0.29, 0.717) is 18.8 Å². The molecule has 134 valence electrons. The third-order valence-electron chi connectivity index (χ3n) is 4.07. The van der Waals surface area contributed by atoms with E-state index in [1.54, 1.807) is 21.8 Å². The molecule has 8 nitrogen and oxygen atoms in total. The van der Waals surface area contributed by atoms with Crippen molar-refractivity contribution < 1.29 is 9.59 Å². The van der Waals surface area contributed by atoms with E-state index < -0.39 is 6.04 Å². The number of hydrogen-bond acceptors (Lipinski definition) is 5. The van der Waals surface area contributed by atoms with Crippen LogP contribution in [0.5, 0.6) is 0 Å². The van der Waals surface area contributed by atoms with E-state index >= 15 is 0 Å². The summed E-state index contributed by atoms with van der Waals surface area (Å²) in [5.41, 5.74) is 0.933. The van der Waals surface area contributed by atoms with Crippen molar-refractivity contribution in [2.45, 2.75) is 38.8 Å². The van der Waals surface area contributed by atoms with Gasteiger partial charge in [-0.15, -0.1) is 11.3 Å². The molecule has 0 bridgehead atoms. The fourth-order valence-electron chi connectivity index (χ4n) is 2.81. The van der Waals surface area contributed by atoms with Crippen LogP contribution in [0.15, 0.2) is 17.6 Å². The molecular weight excluding hydrogens is 340 g/mol. The Morgan fingerprint density at radius 1 is 1.48 bits per heavy atom. The molecule has 0 aromatic carbocycles. The van der Waals surface area contributed by atoms with E-state index in [1.165, 1.54) is 11.3 Å². The van der Waals surface area contributed by atoms with Gasteiger partial charge in [-0.3, -0.25) is 14.4 Å². The van der Waals surface area contributed by atoms with Crippen LogP contribution in [0.1, 0.15) is 36.5 Å². The van der Waals surface area contributed by atoms with Gasteiger partial charge in [0.2, 0.25) is 0 Å². The van der Waals surface area contributed by atoms with Gasteiger partial charge in [0.05, 0.1) is 6.04 Å². The quantitative estimate of drug-likeness (QED) is 0.866. The van der Waals surface area contributed by atoms with E-state index in [1.807, 2.05) is 26.3 Å². The first kappa shape index (κ1) is 17.4. The minimum absolute atomic E-state index is 0.127. The first-order valence-corrected chi connectivity index (χ1v) is 9.12. The predicted molar refractivity (Wildman–Crippen MR) is 95.5 cm³/mol. The molecule has 3 amide bonds. The van der Waals surface area contributed by atoms with Crippen LogP contribution < -0.4 is 15.5 Å². The highest BCUT2D eigenvalue weighted by Crippen LogP contribution is 2.20. The average Bonchev–Trinajstić information content (AvgIpc) is 3.18. The van der Waals surface area contributed by atoms with Gasteiger partial charge < -0.3 is 10.6 Å². The zero-order valence-electron chi connectivity index (χ0n) is 14.5. The fourth-order valence-corrected chi connectivity index (χ4v) is 3.62. The Morgan fingerprint density at radius 2 is 2.28 bits per heavy atom. The van der Waals surface area contributed by atoms with Crippen LogP contribution in [0.4, 0.5) is 10.6 Å². The Labute approximate surface area is 150 Å². The van der Waals surface area contributed by atoms with Crippen molar-refractivity contribution in [1.29, 1.82) is 0 Å². The van der Waals surface area contributed by atoms with E-state index in [9.17, 15) is 9.59 Å². The summed E-state index contributed by atoms with van der Waals surface area (Å²) < 4.78 is 1.66. The summed E-state index contributed by atoms with van der Waals surface area (Å²) in [5, 5.41) is 12.7. The SMILES string of the molecule is Cc1csc([C@H](C)NC(=O)N[C@@H]2CCCN(c3ccn(C)n3)C2=O)n1. The molecular formula is C16H22N6O2S.